The molecule has 2 rings (SSSR count). The highest BCUT2D eigenvalue weighted by molar-refractivity contribution is 5.51. The summed E-state index contributed by atoms with van der Waals surface area (Å²) in [6.45, 7) is 13.0. The summed E-state index contributed by atoms with van der Waals surface area (Å²) in [6, 6.07) is 18.1. The van der Waals surface area contributed by atoms with Crippen LogP contribution in [0.5, 0.6) is 0 Å². The Hall–Kier alpha value is -2.00. The van der Waals surface area contributed by atoms with Crippen molar-refractivity contribution in [3.63, 3.8) is 0 Å². The SMILES string of the molecule is CCN(CC)c1ccc(C(NC)c2ccc(N(CC)CC)cc2)cc1. The summed E-state index contributed by atoms with van der Waals surface area (Å²) < 4.78 is 0. The third-order valence-electron chi connectivity index (χ3n) is 5.00. The Morgan fingerprint density at radius 3 is 1.20 bits per heavy atom. The molecule has 2 aromatic carbocycles. The van der Waals surface area contributed by atoms with E-state index in [2.05, 4.69) is 91.3 Å². The standard InChI is InChI=1S/C22H33N3/c1-6-24(7-2)20-14-10-18(11-15-20)22(23-5)19-12-16-21(17-13-19)25(8-3)9-4/h10-17,22-23H,6-9H2,1-5H3. The van der Waals surface area contributed by atoms with Crippen molar-refractivity contribution in [3.8, 4) is 0 Å². The highest BCUT2D eigenvalue weighted by atomic mass is 15.1. The van der Waals surface area contributed by atoms with E-state index in [1.807, 2.05) is 7.05 Å². The predicted molar refractivity (Wildman–Crippen MR) is 111 cm³/mol. The third-order valence-corrected chi connectivity index (χ3v) is 5.00. The van der Waals surface area contributed by atoms with Crippen LogP contribution in [0.25, 0.3) is 0 Å². The van der Waals surface area contributed by atoms with Gasteiger partial charge in [-0.15, -0.1) is 0 Å². The first-order valence-electron chi connectivity index (χ1n) is 9.55. The van der Waals surface area contributed by atoms with E-state index in [1.54, 1.807) is 0 Å². The van der Waals surface area contributed by atoms with Crippen molar-refractivity contribution in [2.45, 2.75) is 33.7 Å². The molecule has 0 radical (unpaired) electrons. The van der Waals surface area contributed by atoms with Gasteiger partial charge in [0.25, 0.3) is 0 Å². The number of anilines is 2. The van der Waals surface area contributed by atoms with Crippen LogP contribution in [0.3, 0.4) is 0 Å². The lowest BCUT2D eigenvalue weighted by Crippen LogP contribution is -2.23. The van der Waals surface area contributed by atoms with Gasteiger partial charge >= 0.3 is 0 Å². The summed E-state index contributed by atoms with van der Waals surface area (Å²) in [5.41, 5.74) is 5.18. The summed E-state index contributed by atoms with van der Waals surface area (Å²) >= 11 is 0. The maximum absolute atomic E-state index is 3.46. The molecule has 0 aromatic heterocycles. The van der Waals surface area contributed by atoms with Gasteiger partial charge in [0.1, 0.15) is 0 Å². The first-order valence-corrected chi connectivity index (χ1v) is 9.55. The van der Waals surface area contributed by atoms with Crippen molar-refractivity contribution in [1.82, 2.24) is 5.32 Å². The van der Waals surface area contributed by atoms with E-state index in [1.165, 1.54) is 22.5 Å². The van der Waals surface area contributed by atoms with Crippen molar-refractivity contribution < 1.29 is 0 Å². The van der Waals surface area contributed by atoms with Gasteiger partial charge in [0.15, 0.2) is 0 Å². The van der Waals surface area contributed by atoms with Crippen molar-refractivity contribution in [3.05, 3.63) is 59.7 Å². The molecule has 0 fully saturated rings. The molecule has 25 heavy (non-hydrogen) atoms. The largest absolute Gasteiger partial charge is 0.372 e. The Balaban J connectivity index is 2.21. The average Bonchev–Trinajstić information content (AvgIpc) is 2.67. The molecule has 0 saturated carbocycles. The fraction of sp³-hybridized carbons (Fsp3) is 0.455. The zero-order chi connectivity index (χ0) is 18.2. The molecule has 0 aliphatic rings. The second-order valence-corrected chi connectivity index (χ2v) is 6.25. The molecular weight excluding hydrogens is 306 g/mol. The number of benzene rings is 2. The van der Waals surface area contributed by atoms with Crippen LogP contribution in [-0.2, 0) is 0 Å². The number of nitrogens with zero attached hydrogens (tertiary/aromatic N) is 2. The molecule has 0 aliphatic heterocycles. The van der Waals surface area contributed by atoms with Crippen LogP contribution in [-0.4, -0.2) is 33.2 Å². The van der Waals surface area contributed by atoms with Gasteiger partial charge in [-0.05, 0) is 70.1 Å². The quantitative estimate of drug-likeness (QED) is 0.715. The van der Waals surface area contributed by atoms with Crippen LogP contribution < -0.4 is 15.1 Å². The van der Waals surface area contributed by atoms with Crippen LogP contribution in [0.2, 0.25) is 0 Å². The smallest absolute Gasteiger partial charge is 0.0574 e. The zero-order valence-electron chi connectivity index (χ0n) is 16.4. The fourth-order valence-corrected chi connectivity index (χ4v) is 3.46. The lowest BCUT2D eigenvalue weighted by molar-refractivity contribution is 0.691. The molecule has 0 heterocycles. The van der Waals surface area contributed by atoms with Gasteiger partial charge in [0, 0.05) is 37.6 Å². The summed E-state index contributed by atoms with van der Waals surface area (Å²) in [5, 5.41) is 3.46. The Kier molecular flexibility index (Phi) is 7.32. The Bertz CT molecular complexity index is 555. The molecule has 136 valence electrons. The molecule has 0 amide bonds. The maximum Gasteiger partial charge on any atom is 0.0574 e. The highest BCUT2D eigenvalue weighted by Gasteiger charge is 2.13. The van der Waals surface area contributed by atoms with Crippen LogP contribution in [0.4, 0.5) is 11.4 Å². The first kappa shape index (κ1) is 19.3. The van der Waals surface area contributed by atoms with Gasteiger partial charge < -0.3 is 15.1 Å². The van der Waals surface area contributed by atoms with Crippen LogP contribution in [0.1, 0.15) is 44.9 Å². The second-order valence-electron chi connectivity index (χ2n) is 6.25. The number of rotatable bonds is 9. The Morgan fingerprint density at radius 2 is 0.960 bits per heavy atom. The van der Waals surface area contributed by atoms with E-state index in [-0.39, 0.29) is 6.04 Å². The molecule has 2 aromatic rings. The molecule has 0 bridgehead atoms. The van der Waals surface area contributed by atoms with Crippen molar-refractivity contribution in [2.75, 3.05) is 43.0 Å². The van der Waals surface area contributed by atoms with Gasteiger partial charge in [-0.1, -0.05) is 24.3 Å². The third kappa shape index (κ3) is 4.55. The van der Waals surface area contributed by atoms with Crippen LogP contribution in [0.15, 0.2) is 48.5 Å². The van der Waals surface area contributed by atoms with E-state index < -0.39 is 0 Å². The normalized spacial score (nSPS) is 11.0. The van der Waals surface area contributed by atoms with Crippen LogP contribution >= 0.6 is 0 Å². The molecule has 3 heteroatoms. The lowest BCUT2D eigenvalue weighted by Gasteiger charge is -2.24. The number of nitrogens with one attached hydrogen (secondary N) is 1. The maximum atomic E-state index is 3.46. The minimum Gasteiger partial charge on any atom is -0.372 e. The molecule has 1 N–H and O–H groups in total. The molecule has 0 saturated heterocycles. The van der Waals surface area contributed by atoms with Gasteiger partial charge in [0.2, 0.25) is 0 Å². The van der Waals surface area contributed by atoms with Gasteiger partial charge in [-0.25, -0.2) is 0 Å². The van der Waals surface area contributed by atoms with E-state index in [9.17, 15) is 0 Å². The fourth-order valence-electron chi connectivity index (χ4n) is 3.46. The lowest BCUT2D eigenvalue weighted by atomic mass is 9.98. The molecule has 3 nitrogen and oxygen atoms in total. The van der Waals surface area contributed by atoms with Crippen molar-refractivity contribution in [2.24, 2.45) is 0 Å². The highest BCUT2D eigenvalue weighted by Crippen LogP contribution is 2.26. The molecule has 0 aliphatic carbocycles. The van der Waals surface area contributed by atoms with E-state index >= 15 is 0 Å². The number of hydrogen-bond donors (Lipinski definition) is 1. The van der Waals surface area contributed by atoms with Gasteiger partial charge in [-0.3, -0.25) is 0 Å². The summed E-state index contributed by atoms with van der Waals surface area (Å²) in [5.74, 6) is 0. The van der Waals surface area contributed by atoms with Gasteiger partial charge in [-0.2, -0.15) is 0 Å². The second kappa shape index (κ2) is 9.47. The van der Waals surface area contributed by atoms with E-state index in [4.69, 9.17) is 0 Å². The summed E-state index contributed by atoms with van der Waals surface area (Å²) in [7, 11) is 2.03. The minimum atomic E-state index is 0.219. The summed E-state index contributed by atoms with van der Waals surface area (Å²) in [6.07, 6.45) is 0. The molecule has 0 spiro atoms. The predicted octanol–water partition coefficient (Wildman–Crippen LogP) is 4.69. The van der Waals surface area contributed by atoms with Crippen molar-refractivity contribution in [1.29, 1.82) is 0 Å². The molecule has 0 unspecified atom stereocenters. The number of hydrogen-bond acceptors (Lipinski definition) is 3. The van der Waals surface area contributed by atoms with Crippen LogP contribution in [0, 0.1) is 0 Å². The van der Waals surface area contributed by atoms with E-state index in [0.29, 0.717) is 0 Å². The average molecular weight is 340 g/mol. The monoisotopic (exact) mass is 339 g/mol. The van der Waals surface area contributed by atoms with E-state index in [0.717, 1.165) is 26.2 Å². The van der Waals surface area contributed by atoms with Crippen molar-refractivity contribution >= 4 is 11.4 Å². The topological polar surface area (TPSA) is 18.5 Å². The molecular formula is C22H33N3. The first-order chi connectivity index (χ1) is 12.2. The Labute approximate surface area is 153 Å². The minimum absolute atomic E-state index is 0.219. The Morgan fingerprint density at radius 1 is 0.640 bits per heavy atom. The zero-order valence-corrected chi connectivity index (χ0v) is 16.4. The summed E-state index contributed by atoms with van der Waals surface area (Å²) in [4.78, 5) is 4.74. The molecule has 0 atom stereocenters. The van der Waals surface area contributed by atoms with Gasteiger partial charge in [0.05, 0.1) is 6.04 Å².